The minimum Gasteiger partial charge on any atom is -0.345 e. The minimum absolute atomic E-state index is 0.0405. The number of hydrogen-bond donors (Lipinski definition) is 0. The van der Waals surface area contributed by atoms with E-state index in [2.05, 4.69) is 40.7 Å². The fourth-order valence-corrected chi connectivity index (χ4v) is 5.63. The largest absolute Gasteiger partial charge is 0.345 e. The van der Waals surface area contributed by atoms with Crippen LogP contribution in [0.2, 0.25) is 0 Å². The van der Waals surface area contributed by atoms with Crippen LogP contribution in [0.3, 0.4) is 0 Å². The van der Waals surface area contributed by atoms with Gasteiger partial charge in [0, 0.05) is 17.5 Å². The number of rotatable bonds is 14. The summed E-state index contributed by atoms with van der Waals surface area (Å²) in [6, 6.07) is 7.12. The summed E-state index contributed by atoms with van der Waals surface area (Å²) in [6.07, 6.45) is 14.2. The molecule has 188 valence electrons. The van der Waals surface area contributed by atoms with Crippen LogP contribution >= 0.6 is 0 Å². The topological polar surface area (TPSA) is 46.7 Å². The third-order valence-electron chi connectivity index (χ3n) is 8.20. The fourth-order valence-electron chi connectivity index (χ4n) is 5.63. The van der Waals surface area contributed by atoms with Crippen molar-refractivity contribution in [2.45, 2.75) is 117 Å². The molecule has 1 aliphatic carbocycles. The Morgan fingerprint density at radius 2 is 1.38 bits per heavy atom. The van der Waals surface area contributed by atoms with E-state index in [9.17, 15) is 9.59 Å². The van der Waals surface area contributed by atoms with Crippen LogP contribution in [0.1, 0.15) is 126 Å². The lowest BCUT2D eigenvalue weighted by Gasteiger charge is -2.22. The van der Waals surface area contributed by atoms with Gasteiger partial charge in [-0.2, -0.15) is 0 Å². The Labute approximate surface area is 207 Å². The Bertz CT molecular complexity index is 898. The average molecular weight is 467 g/mol. The van der Waals surface area contributed by atoms with Gasteiger partial charge in [-0.15, -0.1) is 0 Å². The Morgan fingerprint density at radius 3 is 1.97 bits per heavy atom. The zero-order valence-corrected chi connectivity index (χ0v) is 22.4. The molecular weight excluding hydrogens is 420 g/mol. The number of allylic oxidation sites excluding steroid dienone is 1. The summed E-state index contributed by atoms with van der Waals surface area (Å²) in [5, 5.41) is 0. The molecule has 0 spiro atoms. The van der Waals surface area contributed by atoms with Gasteiger partial charge in [0.1, 0.15) is 0 Å². The molecule has 0 bridgehead atoms. The molecule has 1 fully saturated rings. The van der Waals surface area contributed by atoms with Gasteiger partial charge in [0.15, 0.2) is 22.8 Å². The van der Waals surface area contributed by atoms with Crippen molar-refractivity contribution in [1.82, 2.24) is 0 Å². The summed E-state index contributed by atoms with van der Waals surface area (Å²) in [5.74, 6) is 2.34. The second-order valence-electron chi connectivity index (χ2n) is 11.8. The lowest BCUT2D eigenvalue weighted by molar-refractivity contribution is 0.0847. The zero-order chi connectivity index (χ0) is 24.9. The molecule has 0 saturated carbocycles. The van der Waals surface area contributed by atoms with Crippen molar-refractivity contribution in [3.8, 4) is 0 Å². The van der Waals surface area contributed by atoms with Gasteiger partial charge < -0.3 is 4.74 Å². The molecule has 2 aliphatic rings. The summed E-state index contributed by atoms with van der Waals surface area (Å²) < 4.78 is 5.91. The highest BCUT2D eigenvalue weighted by Gasteiger charge is 2.77. The van der Waals surface area contributed by atoms with Crippen LogP contribution in [0.15, 0.2) is 35.9 Å². The fraction of sp³-hybridized carbons (Fsp3) is 0.677. The monoisotopic (exact) mass is 466 g/mol. The molecule has 0 aromatic heterocycles. The standard InChI is InChI=1S/C31H46O3/c1-22(2)12-9-13-23(3)14-10-15-24(4)16-11-17-25(5)20-21-31-29(33)27-19-8-7-18-26(27)28(32)30(31,6)34-31/h7-8,18-20,22-24H,9-17,21H2,1-6H3/b25-20+/t23-,24-,30-,31+/m0/s1. The molecule has 1 aliphatic heterocycles. The van der Waals surface area contributed by atoms with Gasteiger partial charge in [0.05, 0.1) is 0 Å². The van der Waals surface area contributed by atoms with E-state index in [0.717, 1.165) is 24.2 Å². The highest BCUT2D eigenvalue weighted by atomic mass is 16.6. The number of Topliss-reactive ketones (excluding diaryl/α,β-unsaturated/α-hetero) is 2. The number of carbonyl (C=O) groups excluding carboxylic acids is 2. The maximum Gasteiger partial charge on any atom is 0.199 e. The molecule has 4 atom stereocenters. The van der Waals surface area contributed by atoms with E-state index in [1.807, 2.05) is 12.1 Å². The summed E-state index contributed by atoms with van der Waals surface area (Å²) in [4.78, 5) is 26.1. The van der Waals surface area contributed by atoms with E-state index in [4.69, 9.17) is 4.74 Å². The third-order valence-corrected chi connectivity index (χ3v) is 8.20. The van der Waals surface area contributed by atoms with E-state index in [1.165, 1.54) is 56.9 Å². The van der Waals surface area contributed by atoms with Crippen LogP contribution in [0.25, 0.3) is 0 Å². The van der Waals surface area contributed by atoms with Crippen molar-refractivity contribution in [3.05, 3.63) is 47.0 Å². The lowest BCUT2D eigenvalue weighted by atomic mass is 9.73. The second kappa shape index (κ2) is 11.3. The molecule has 0 amide bonds. The normalized spacial score (nSPS) is 25.8. The number of hydrogen-bond acceptors (Lipinski definition) is 3. The number of ketones is 2. The number of benzene rings is 1. The first kappa shape index (κ1) is 26.9. The Balaban J connectivity index is 1.39. The number of epoxide rings is 1. The molecule has 3 nitrogen and oxygen atoms in total. The number of ether oxygens (including phenoxy) is 1. The molecule has 1 aromatic rings. The molecule has 3 rings (SSSR count). The first-order chi connectivity index (χ1) is 16.1. The quantitative estimate of drug-likeness (QED) is 0.204. The highest BCUT2D eigenvalue weighted by molar-refractivity contribution is 6.25. The van der Waals surface area contributed by atoms with Gasteiger partial charge >= 0.3 is 0 Å². The molecule has 0 radical (unpaired) electrons. The molecule has 34 heavy (non-hydrogen) atoms. The van der Waals surface area contributed by atoms with Crippen LogP contribution < -0.4 is 0 Å². The molecule has 0 unspecified atom stereocenters. The Kier molecular flexibility index (Phi) is 8.95. The SMILES string of the molecule is C/C(=C\C[C@]12O[C@@]1(C)C(=O)c1ccccc1C2=O)CCC[C@@H](C)CCC[C@@H](C)CCCC(C)C. The van der Waals surface area contributed by atoms with Crippen molar-refractivity contribution in [2.75, 3.05) is 0 Å². The summed E-state index contributed by atoms with van der Waals surface area (Å²) >= 11 is 0. The lowest BCUT2D eigenvalue weighted by Crippen LogP contribution is -2.43. The first-order valence-electron chi connectivity index (χ1n) is 13.6. The zero-order valence-electron chi connectivity index (χ0n) is 22.4. The molecule has 1 aromatic carbocycles. The smallest absolute Gasteiger partial charge is 0.199 e. The summed E-state index contributed by atoms with van der Waals surface area (Å²) in [6.45, 7) is 13.3. The van der Waals surface area contributed by atoms with Crippen molar-refractivity contribution < 1.29 is 14.3 Å². The predicted octanol–water partition coefficient (Wildman–Crippen LogP) is 8.37. The van der Waals surface area contributed by atoms with Crippen molar-refractivity contribution in [1.29, 1.82) is 0 Å². The van der Waals surface area contributed by atoms with E-state index in [1.54, 1.807) is 19.1 Å². The summed E-state index contributed by atoms with van der Waals surface area (Å²) in [7, 11) is 0. The second-order valence-corrected chi connectivity index (χ2v) is 11.8. The maximum absolute atomic E-state index is 13.2. The van der Waals surface area contributed by atoms with Gasteiger partial charge in [-0.25, -0.2) is 0 Å². The van der Waals surface area contributed by atoms with E-state index in [0.29, 0.717) is 17.5 Å². The summed E-state index contributed by atoms with van der Waals surface area (Å²) in [5.41, 5.74) is 0.297. The third kappa shape index (κ3) is 5.90. The van der Waals surface area contributed by atoms with Crippen LogP contribution in [0.4, 0.5) is 0 Å². The average Bonchev–Trinajstić information content (AvgIpc) is 3.43. The number of fused-ring (bicyclic) bond motifs is 2. The van der Waals surface area contributed by atoms with Gasteiger partial charge in [-0.1, -0.05) is 109 Å². The van der Waals surface area contributed by atoms with Crippen LogP contribution in [0.5, 0.6) is 0 Å². The minimum atomic E-state index is -1.00. The van der Waals surface area contributed by atoms with Gasteiger partial charge in [-0.05, 0) is 44.4 Å². The van der Waals surface area contributed by atoms with Crippen LogP contribution in [0, 0.1) is 17.8 Å². The van der Waals surface area contributed by atoms with E-state index >= 15 is 0 Å². The van der Waals surface area contributed by atoms with Crippen molar-refractivity contribution in [2.24, 2.45) is 17.8 Å². The Morgan fingerprint density at radius 1 is 0.853 bits per heavy atom. The van der Waals surface area contributed by atoms with Crippen LogP contribution in [-0.4, -0.2) is 22.8 Å². The number of carbonyl (C=O) groups is 2. The first-order valence-corrected chi connectivity index (χ1v) is 13.6. The van der Waals surface area contributed by atoms with Crippen molar-refractivity contribution in [3.63, 3.8) is 0 Å². The van der Waals surface area contributed by atoms with Gasteiger partial charge in [0.2, 0.25) is 0 Å². The Hall–Kier alpha value is -1.74. The van der Waals surface area contributed by atoms with Gasteiger partial charge in [-0.3, -0.25) is 9.59 Å². The van der Waals surface area contributed by atoms with Gasteiger partial charge in [0.25, 0.3) is 0 Å². The molecule has 1 heterocycles. The molecule has 3 heteroatoms. The van der Waals surface area contributed by atoms with Crippen LogP contribution in [-0.2, 0) is 4.74 Å². The highest BCUT2D eigenvalue weighted by Crippen LogP contribution is 2.57. The predicted molar refractivity (Wildman–Crippen MR) is 140 cm³/mol. The maximum atomic E-state index is 13.2. The van der Waals surface area contributed by atoms with E-state index < -0.39 is 11.2 Å². The molecule has 1 saturated heterocycles. The molecular formula is C31H46O3. The van der Waals surface area contributed by atoms with E-state index in [-0.39, 0.29) is 11.6 Å². The van der Waals surface area contributed by atoms with Crippen molar-refractivity contribution >= 4 is 11.6 Å². The molecule has 0 N–H and O–H groups in total.